The molecule has 0 N–H and O–H groups in total. The molecule has 0 fully saturated rings. The van der Waals surface area contributed by atoms with Crippen LogP contribution in [-0.4, -0.2) is 0 Å². The van der Waals surface area contributed by atoms with E-state index in [-0.39, 0.29) is 0 Å². The molecule has 2 rings (SSSR count). The fourth-order valence-electron chi connectivity index (χ4n) is 1.86. The van der Waals surface area contributed by atoms with Gasteiger partial charge in [-0.1, -0.05) is 6.08 Å². The third kappa shape index (κ3) is 0.925. The van der Waals surface area contributed by atoms with Crippen molar-refractivity contribution in [2.75, 3.05) is 0 Å². The molecule has 0 unspecified atom stereocenters. The standard InChI is InChI=1S/C11H13S/c1-6-5-10-8(3)12-9(4)11(10)7(6)2/h5H,1-4H3. The largest absolute Gasteiger partial charge is 0.117 e. The maximum atomic E-state index is 2.31. The van der Waals surface area contributed by atoms with Gasteiger partial charge in [0.2, 0.25) is 0 Å². The number of rotatable bonds is 0. The molecule has 1 aliphatic heterocycles. The molecule has 12 heavy (non-hydrogen) atoms. The number of hydrogen-bond acceptors (Lipinski definition) is 1. The minimum Gasteiger partial charge on any atom is -0.117 e. The lowest BCUT2D eigenvalue weighted by Crippen LogP contribution is -1.85. The Kier molecular flexibility index (Phi) is 1.72. The first-order valence-corrected chi connectivity index (χ1v) is 5.05. The molecule has 0 aromatic rings. The Hall–Kier alpha value is -0.430. The first-order valence-electron chi connectivity index (χ1n) is 4.24. The molecular weight excluding hydrogens is 164 g/mol. The van der Waals surface area contributed by atoms with E-state index < -0.39 is 0 Å². The summed E-state index contributed by atoms with van der Waals surface area (Å²) in [5, 5.41) is 1.46. The average molecular weight is 177 g/mol. The second kappa shape index (κ2) is 2.53. The lowest BCUT2D eigenvalue weighted by molar-refractivity contribution is 1.32. The molecule has 0 aromatic carbocycles. The summed E-state index contributed by atoms with van der Waals surface area (Å²) in [7, 11) is 0. The van der Waals surface area contributed by atoms with Gasteiger partial charge in [-0.15, -0.1) is 11.8 Å². The van der Waals surface area contributed by atoms with Crippen molar-refractivity contribution in [3.05, 3.63) is 38.5 Å². The molecule has 0 nitrogen and oxygen atoms in total. The Balaban J connectivity index is 2.55. The van der Waals surface area contributed by atoms with E-state index in [9.17, 15) is 0 Å². The quantitative estimate of drug-likeness (QED) is 0.542. The topological polar surface area (TPSA) is 0 Å². The van der Waals surface area contributed by atoms with Crippen LogP contribution in [0.3, 0.4) is 0 Å². The van der Waals surface area contributed by atoms with Crippen LogP contribution in [0.2, 0.25) is 0 Å². The summed E-state index contributed by atoms with van der Waals surface area (Å²) >= 11 is 1.91. The SMILES string of the molecule is C[C]1SC(C)=C2C1=CC(C)=C2C. The summed E-state index contributed by atoms with van der Waals surface area (Å²) in [6.45, 7) is 8.83. The Morgan fingerprint density at radius 2 is 1.75 bits per heavy atom. The molecule has 0 atom stereocenters. The number of thioether (sulfide) groups is 1. The zero-order chi connectivity index (χ0) is 8.88. The van der Waals surface area contributed by atoms with Crippen LogP contribution < -0.4 is 0 Å². The van der Waals surface area contributed by atoms with E-state index >= 15 is 0 Å². The van der Waals surface area contributed by atoms with Crippen molar-refractivity contribution in [3.8, 4) is 0 Å². The summed E-state index contributed by atoms with van der Waals surface area (Å²) < 4.78 is 0. The maximum Gasteiger partial charge on any atom is 0.0618 e. The fraction of sp³-hybridized carbons (Fsp3) is 0.364. The number of fused-ring (bicyclic) bond motifs is 1. The maximum absolute atomic E-state index is 2.31. The van der Waals surface area contributed by atoms with E-state index in [2.05, 4.69) is 33.8 Å². The molecule has 0 saturated carbocycles. The van der Waals surface area contributed by atoms with Gasteiger partial charge < -0.3 is 0 Å². The second-order valence-corrected chi connectivity index (χ2v) is 4.88. The highest BCUT2D eigenvalue weighted by Crippen LogP contribution is 2.52. The highest BCUT2D eigenvalue weighted by molar-refractivity contribution is 8.06. The molecule has 0 amide bonds. The van der Waals surface area contributed by atoms with Crippen molar-refractivity contribution in [2.24, 2.45) is 0 Å². The van der Waals surface area contributed by atoms with Gasteiger partial charge in [0.25, 0.3) is 0 Å². The average Bonchev–Trinajstić information content (AvgIpc) is 2.41. The van der Waals surface area contributed by atoms with Gasteiger partial charge in [-0.3, -0.25) is 0 Å². The molecule has 1 radical (unpaired) electrons. The minimum atomic E-state index is 1.43. The predicted molar refractivity (Wildman–Crippen MR) is 55.7 cm³/mol. The second-order valence-electron chi connectivity index (χ2n) is 3.46. The van der Waals surface area contributed by atoms with Gasteiger partial charge in [0.15, 0.2) is 0 Å². The Bertz CT molecular complexity index is 329. The first-order chi connectivity index (χ1) is 5.61. The van der Waals surface area contributed by atoms with Crippen molar-refractivity contribution in [2.45, 2.75) is 27.7 Å². The van der Waals surface area contributed by atoms with Crippen LogP contribution >= 0.6 is 11.8 Å². The van der Waals surface area contributed by atoms with Crippen LogP contribution in [0, 0.1) is 5.25 Å². The molecule has 2 aliphatic rings. The lowest BCUT2D eigenvalue weighted by atomic mass is 10.0. The van der Waals surface area contributed by atoms with Crippen LogP contribution in [0.1, 0.15) is 27.7 Å². The molecule has 1 aliphatic carbocycles. The van der Waals surface area contributed by atoms with Gasteiger partial charge in [-0.05, 0) is 54.9 Å². The van der Waals surface area contributed by atoms with Gasteiger partial charge in [0, 0.05) is 0 Å². The van der Waals surface area contributed by atoms with Gasteiger partial charge in [0.05, 0.1) is 5.25 Å². The van der Waals surface area contributed by atoms with Gasteiger partial charge in [0.1, 0.15) is 0 Å². The minimum absolute atomic E-state index is 1.43. The Morgan fingerprint density at radius 1 is 1.08 bits per heavy atom. The van der Waals surface area contributed by atoms with E-state index in [1.165, 1.54) is 32.4 Å². The number of hydrogen-bond donors (Lipinski definition) is 0. The normalized spacial score (nSPS) is 23.8. The smallest absolute Gasteiger partial charge is 0.0618 e. The summed E-state index contributed by atoms with van der Waals surface area (Å²) in [6.07, 6.45) is 2.31. The van der Waals surface area contributed by atoms with Crippen LogP contribution in [0.4, 0.5) is 0 Å². The van der Waals surface area contributed by atoms with E-state index in [0.717, 1.165) is 0 Å². The summed E-state index contributed by atoms with van der Waals surface area (Å²) in [5.74, 6) is 0. The molecule has 0 aromatic heterocycles. The molecule has 0 bridgehead atoms. The zero-order valence-electron chi connectivity index (χ0n) is 7.99. The van der Waals surface area contributed by atoms with Gasteiger partial charge >= 0.3 is 0 Å². The summed E-state index contributed by atoms with van der Waals surface area (Å²) in [5.41, 5.74) is 5.85. The van der Waals surface area contributed by atoms with Gasteiger partial charge in [-0.25, -0.2) is 0 Å². The van der Waals surface area contributed by atoms with Crippen molar-refractivity contribution in [3.63, 3.8) is 0 Å². The van der Waals surface area contributed by atoms with Crippen LogP contribution in [0.25, 0.3) is 0 Å². The van der Waals surface area contributed by atoms with E-state index in [1.54, 1.807) is 0 Å². The molecule has 0 saturated heterocycles. The van der Waals surface area contributed by atoms with E-state index in [1.807, 2.05) is 11.8 Å². The van der Waals surface area contributed by atoms with Crippen molar-refractivity contribution in [1.29, 1.82) is 0 Å². The van der Waals surface area contributed by atoms with Crippen LogP contribution in [0.15, 0.2) is 33.3 Å². The highest BCUT2D eigenvalue weighted by Gasteiger charge is 2.29. The van der Waals surface area contributed by atoms with Crippen LogP contribution in [0.5, 0.6) is 0 Å². The monoisotopic (exact) mass is 177 g/mol. The fourth-order valence-corrected chi connectivity index (χ4v) is 2.96. The molecule has 0 spiro atoms. The predicted octanol–water partition coefficient (Wildman–Crippen LogP) is 3.84. The van der Waals surface area contributed by atoms with Crippen molar-refractivity contribution >= 4 is 11.8 Å². The highest BCUT2D eigenvalue weighted by atomic mass is 32.2. The molecular formula is C11H13S. The zero-order valence-corrected chi connectivity index (χ0v) is 8.80. The summed E-state index contributed by atoms with van der Waals surface area (Å²) in [6, 6.07) is 0. The number of allylic oxidation sites excluding steroid dienone is 5. The van der Waals surface area contributed by atoms with E-state index in [0.29, 0.717) is 0 Å². The first kappa shape index (κ1) is 8.18. The summed E-state index contributed by atoms with van der Waals surface area (Å²) in [4.78, 5) is 1.47. The van der Waals surface area contributed by atoms with E-state index in [4.69, 9.17) is 0 Å². The van der Waals surface area contributed by atoms with Crippen molar-refractivity contribution < 1.29 is 0 Å². The molecule has 1 heteroatoms. The Morgan fingerprint density at radius 3 is 2.33 bits per heavy atom. The van der Waals surface area contributed by atoms with Crippen LogP contribution in [-0.2, 0) is 0 Å². The Labute approximate surface area is 78.4 Å². The third-order valence-electron chi connectivity index (χ3n) is 2.63. The molecule has 63 valence electrons. The molecule has 1 heterocycles. The van der Waals surface area contributed by atoms with Gasteiger partial charge in [-0.2, -0.15) is 0 Å². The third-order valence-corrected chi connectivity index (χ3v) is 3.67. The lowest BCUT2D eigenvalue weighted by Gasteiger charge is -2.01. The van der Waals surface area contributed by atoms with Crippen molar-refractivity contribution in [1.82, 2.24) is 0 Å².